The average Bonchev–Trinajstić information content (AvgIpc) is 2.97. The van der Waals surface area contributed by atoms with E-state index in [1.165, 1.54) is 17.0 Å². The number of para-hydroxylation sites is 2. The maximum Gasteiger partial charge on any atom is 0.264 e. The highest BCUT2D eigenvalue weighted by Gasteiger charge is 2.35. The van der Waals surface area contributed by atoms with Crippen LogP contribution in [0.5, 0.6) is 5.75 Å². The van der Waals surface area contributed by atoms with Crippen LogP contribution in [0.4, 0.5) is 5.69 Å². The smallest absolute Gasteiger partial charge is 0.264 e. The van der Waals surface area contributed by atoms with Crippen LogP contribution in [0.1, 0.15) is 51.7 Å². The molecule has 10 heteroatoms. The number of hydrogen-bond acceptors (Lipinski definition) is 5. The summed E-state index contributed by atoms with van der Waals surface area (Å²) in [5.41, 5.74) is 1.89. The maximum absolute atomic E-state index is 14.2. The lowest BCUT2D eigenvalue weighted by Crippen LogP contribution is -2.53. The monoisotopic (exact) mass is 613 g/mol. The first-order valence-corrected chi connectivity index (χ1v) is 16.0. The third-order valence-corrected chi connectivity index (χ3v) is 9.00. The number of halogens is 1. The molecule has 0 bridgehead atoms. The summed E-state index contributed by atoms with van der Waals surface area (Å²) in [5, 5.41) is 3.52. The van der Waals surface area contributed by atoms with Gasteiger partial charge in [0.15, 0.2) is 0 Å². The second-order valence-corrected chi connectivity index (χ2v) is 12.4. The Hall–Kier alpha value is -3.56. The number of hydrogen-bond donors (Lipinski definition) is 1. The molecule has 1 N–H and O–H groups in total. The summed E-state index contributed by atoms with van der Waals surface area (Å²) < 4.78 is 35.1. The number of aryl methyl sites for hydroxylation is 1. The molecule has 0 aliphatic carbocycles. The second-order valence-electron chi connectivity index (χ2n) is 10.1. The number of carbonyl (C=O) groups is 2. The molecule has 0 saturated carbocycles. The molecule has 0 unspecified atom stereocenters. The van der Waals surface area contributed by atoms with Gasteiger partial charge in [0.1, 0.15) is 18.3 Å². The molecule has 0 radical (unpaired) electrons. The van der Waals surface area contributed by atoms with Crippen LogP contribution in [0.3, 0.4) is 0 Å². The summed E-state index contributed by atoms with van der Waals surface area (Å²) in [5.74, 6) is -0.496. The molecule has 0 aliphatic heterocycles. The predicted molar refractivity (Wildman–Crippen MR) is 167 cm³/mol. The van der Waals surface area contributed by atoms with E-state index in [1.54, 1.807) is 67.6 Å². The van der Waals surface area contributed by atoms with Gasteiger partial charge in [-0.2, -0.15) is 0 Å². The van der Waals surface area contributed by atoms with E-state index < -0.39 is 28.5 Å². The molecule has 2 atom stereocenters. The fourth-order valence-corrected chi connectivity index (χ4v) is 5.99. The van der Waals surface area contributed by atoms with Crippen LogP contribution in [0.25, 0.3) is 0 Å². The number of sulfonamides is 1. The van der Waals surface area contributed by atoms with Gasteiger partial charge in [-0.05, 0) is 75.6 Å². The van der Waals surface area contributed by atoms with Gasteiger partial charge in [-0.25, -0.2) is 8.42 Å². The Labute approximate surface area is 254 Å². The van der Waals surface area contributed by atoms with Crippen molar-refractivity contribution >= 4 is 39.1 Å². The van der Waals surface area contributed by atoms with Crippen molar-refractivity contribution in [3.05, 3.63) is 88.9 Å². The Morgan fingerprint density at radius 2 is 1.57 bits per heavy atom. The molecular formula is C32H40ClN3O5S. The van der Waals surface area contributed by atoms with Gasteiger partial charge in [0.2, 0.25) is 11.8 Å². The highest BCUT2D eigenvalue weighted by Crippen LogP contribution is 2.33. The number of amides is 2. The van der Waals surface area contributed by atoms with Crippen molar-refractivity contribution < 1.29 is 22.7 Å². The molecule has 0 aromatic heterocycles. The van der Waals surface area contributed by atoms with Crippen molar-refractivity contribution in [3.63, 3.8) is 0 Å². The minimum atomic E-state index is -4.21. The van der Waals surface area contributed by atoms with E-state index >= 15 is 0 Å². The Morgan fingerprint density at radius 1 is 0.929 bits per heavy atom. The van der Waals surface area contributed by atoms with Crippen LogP contribution in [0, 0.1) is 6.92 Å². The standard InChI is InChI=1S/C32H40ClN3O5S/c1-6-24(5)34-32(38)28(7-2)35(21-25-15-17-26(33)18-16-25)31(37)22-36(29-11-9-10-12-30(29)41-8-3)42(39,40)27-19-13-23(4)14-20-27/h9-20,24,28H,6-8,21-22H2,1-5H3,(H,34,38)/t24-,28-/m0/s1. The molecule has 42 heavy (non-hydrogen) atoms. The zero-order valence-electron chi connectivity index (χ0n) is 24.8. The van der Waals surface area contributed by atoms with Gasteiger partial charge >= 0.3 is 0 Å². The molecular weight excluding hydrogens is 574 g/mol. The Morgan fingerprint density at radius 3 is 2.17 bits per heavy atom. The van der Waals surface area contributed by atoms with Crippen LogP contribution in [0.2, 0.25) is 5.02 Å². The van der Waals surface area contributed by atoms with Crippen LogP contribution in [0.15, 0.2) is 77.7 Å². The Balaban J connectivity index is 2.10. The topological polar surface area (TPSA) is 96.0 Å². The maximum atomic E-state index is 14.2. The van der Waals surface area contributed by atoms with E-state index in [0.717, 1.165) is 21.9 Å². The zero-order valence-corrected chi connectivity index (χ0v) is 26.4. The summed E-state index contributed by atoms with van der Waals surface area (Å²) in [6.07, 6.45) is 1.06. The third kappa shape index (κ3) is 8.26. The first-order chi connectivity index (χ1) is 20.0. The minimum absolute atomic E-state index is 0.0398. The number of ether oxygens (including phenoxy) is 1. The average molecular weight is 614 g/mol. The van der Waals surface area contributed by atoms with Crippen molar-refractivity contribution in [1.29, 1.82) is 0 Å². The SMILES string of the molecule is CCOc1ccccc1N(CC(=O)N(Cc1ccc(Cl)cc1)[C@@H](CC)C(=O)N[C@@H](C)CC)S(=O)(=O)c1ccc(C)cc1. The normalized spacial score (nSPS) is 12.7. The van der Waals surface area contributed by atoms with Crippen molar-refractivity contribution in [2.24, 2.45) is 0 Å². The third-order valence-electron chi connectivity index (χ3n) is 6.97. The summed E-state index contributed by atoms with van der Waals surface area (Å²) in [6, 6.07) is 19.3. The van der Waals surface area contributed by atoms with Crippen LogP contribution in [-0.2, 0) is 26.2 Å². The number of rotatable bonds is 14. The molecule has 0 heterocycles. The lowest BCUT2D eigenvalue weighted by Gasteiger charge is -2.34. The van der Waals surface area contributed by atoms with Crippen molar-refractivity contribution in [2.75, 3.05) is 17.5 Å². The quantitative estimate of drug-likeness (QED) is 0.242. The molecule has 8 nitrogen and oxygen atoms in total. The summed E-state index contributed by atoms with van der Waals surface area (Å²) in [6.45, 7) is 9.22. The first-order valence-electron chi connectivity index (χ1n) is 14.2. The lowest BCUT2D eigenvalue weighted by molar-refractivity contribution is -0.140. The summed E-state index contributed by atoms with van der Waals surface area (Å²) >= 11 is 6.09. The minimum Gasteiger partial charge on any atom is -0.492 e. The summed E-state index contributed by atoms with van der Waals surface area (Å²) in [7, 11) is -4.21. The van der Waals surface area contributed by atoms with E-state index in [0.29, 0.717) is 23.8 Å². The van der Waals surface area contributed by atoms with Crippen LogP contribution < -0.4 is 14.4 Å². The molecule has 226 valence electrons. The van der Waals surface area contributed by atoms with Gasteiger partial charge in [-0.3, -0.25) is 13.9 Å². The number of carbonyl (C=O) groups excluding carboxylic acids is 2. The highest BCUT2D eigenvalue weighted by molar-refractivity contribution is 7.92. The molecule has 3 aromatic rings. The molecule has 3 aromatic carbocycles. The Kier molecular flexibility index (Phi) is 11.8. The van der Waals surface area contributed by atoms with E-state index in [9.17, 15) is 18.0 Å². The van der Waals surface area contributed by atoms with Crippen molar-refractivity contribution in [1.82, 2.24) is 10.2 Å². The van der Waals surface area contributed by atoms with Gasteiger partial charge in [0, 0.05) is 17.6 Å². The van der Waals surface area contributed by atoms with E-state index in [1.807, 2.05) is 27.7 Å². The van der Waals surface area contributed by atoms with E-state index in [2.05, 4.69) is 5.32 Å². The van der Waals surface area contributed by atoms with Crippen molar-refractivity contribution in [3.8, 4) is 5.75 Å². The number of nitrogens with zero attached hydrogens (tertiary/aromatic N) is 2. The summed E-state index contributed by atoms with van der Waals surface area (Å²) in [4.78, 5) is 29.1. The molecule has 0 fully saturated rings. The van der Waals surface area contributed by atoms with Crippen LogP contribution >= 0.6 is 11.6 Å². The number of nitrogens with one attached hydrogen (secondary N) is 1. The number of anilines is 1. The Bertz CT molecular complexity index is 1450. The molecule has 0 saturated heterocycles. The molecule has 3 rings (SSSR count). The highest BCUT2D eigenvalue weighted by atomic mass is 35.5. The first kappa shape index (κ1) is 32.9. The molecule has 0 aliphatic rings. The predicted octanol–water partition coefficient (Wildman–Crippen LogP) is 5.96. The molecule has 2 amide bonds. The van der Waals surface area contributed by atoms with Crippen LogP contribution in [-0.4, -0.2) is 50.4 Å². The number of benzene rings is 3. The second kappa shape index (κ2) is 15.1. The molecule has 0 spiro atoms. The fraction of sp³-hybridized carbons (Fsp3) is 0.375. The van der Waals surface area contributed by atoms with Gasteiger partial charge in [-0.15, -0.1) is 0 Å². The van der Waals surface area contributed by atoms with Gasteiger partial charge in [-0.1, -0.05) is 67.4 Å². The van der Waals surface area contributed by atoms with Gasteiger partial charge in [0.05, 0.1) is 17.2 Å². The zero-order chi connectivity index (χ0) is 30.9. The van der Waals surface area contributed by atoms with Gasteiger partial charge in [0.25, 0.3) is 10.0 Å². The lowest BCUT2D eigenvalue weighted by atomic mass is 10.1. The van der Waals surface area contributed by atoms with Gasteiger partial charge < -0.3 is 15.0 Å². The fourth-order valence-electron chi connectivity index (χ4n) is 4.44. The van der Waals surface area contributed by atoms with E-state index in [-0.39, 0.29) is 29.1 Å². The van der Waals surface area contributed by atoms with Crippen molar-refractivity contribution in [2.45, 2.75) is 71.0 Å². The van der Waals surface area contributed by atoms with E-state index in [4.69, 9.17) is 16.3 Å². The largest absolute Gasteiger partial charge is 0.492 e.